The summed E-state index contributed by atoms with van der Waals surface area (Å²) in [4.78, 5) is 14.3. The van der Waals surface area contributed by atoms with Crippen LogP contribution in [-0.4, -0.2) is 17.7 Å². The van der Waals surface area contributed by atoms with Gasteiger partial charge >= 0.3 is 6.09 Å². The largest absolute Gasteiger partial charge is 0.489 e. The molecule has 0 heterocycles. The van der Waals surface area contributed by atoms with E-state index in [1.54, 1.807) is 4.90 Å². The fraction of sp³-hybridized carbons (Fsp3) is 0.381. The monoisotopic (exact) mass is 339 g/mol. The molecule has 132 valence electrons. The molecule has 1 aliphatic carbocycles. The van der Waals surface area contributed by atoms with Crippen LogP contribution in [-0.2, 0) is 11.3 Å². The third-order valence-corrected chi connectivity index (χ3v) is 3.85. The minimum atomic E-state index is -0.508. The van der Waals surface area contributed by atoms with Gasteiger partial charge < -0.3 is 9.47 Å². The number of rotatable bonds is 5. The highest BCUT2D eigenvalue weighted by Crippen LogP contribution is 2.34. The number of benzene rings is 2. The number of ether oxygens (including phenoxy) is 2. The van der Waals surface area contributed by atoms with Gasteiger partial charge in [0.1, 0.15) is 18.0 Å². The van der Waals surface area contributed by atoms with Gasteiger partial charge in [0.15, 0.2) is 0 Å². The maximum atomic E-state index is 12.6. The van der Waals surface area contributed by atoms with E-state index in [9.17, 15) is 4.79 Å². The molecule has 0 spiro atoms. The highest BCUT2D eigenvalue weighted by molar-refractivity contribution is 5.89. The lowest BCUT2D eigenvalue weighted by Crippen LogP contribution is -2.38. The first-order valence-corrected chi connectivity index (χ1v) is 8.71. The molecule has 1 fully saturated rings. The highest BCUT2D eigenvalue weighted by Gasteiger charge is 2.36. The van der Waals surface area contributed by atoms with E-state index in [0.717, 1.165) is 29.8 Å². The standard InChI is InChI=1S/C21H25NO3/c1-21(2,3)25-20(23)22(17-12-13-17)18-10-7-11-19(14-18)24-15-16-8-5-4-6-9-16/h4-11,14,17H,12-13,15H2,1-3H3. The fourth-order valence-corrected chi connectivity index (χ4v) is 2.57. The van der Waals surface area contributed by atoms with Gasteiger partial charge in [0.2, 0.25) is 0 Å². The van der Waals surface area contributed by atoms with Gasteiger partial charge in [0.05, 0.1) is 5.69 Å². The Balaban J connectivity index is 1.73. The average molecular weight is 339 g/mol. The number of nitrogens with zero attached hydrogens (tertiary/aromatic N) is 1. The maximum absolute atomic E-state index is 12.6. The van der Waals surface area contributed by atoms with Crippen molar-refractivity contribution in [1.82, 2.24) is 0 Å². The lowest BCUT2D eigenvalue weighted by molar-refractivity contribution is 0.0578. The summed E-state index contributed by atoms with van der Waals surface area (Å²) in [6.07, 6.45) is 1.72. The molecule has 1 saturated carbocycles. The zero-order chi connectivity index (χ0) is 17.9. The third-order valence-electron chi connectivity index (χ3n) is 3.85. The first-order valence-electron chi connectivity index (χ1n) is 8.71. The van der Waals surface area contributed by atoms with Crippen LogP contribution in [0.1, 0.15) is 39.2 Å². The van der Waals surface area contributed by atoms with Gasteiger partial charge in [0, 0.05) is 12.1 Å². The second-order valence-electron chi connectivity index (χ2n) is 7.35. The fourth-order valence-electron chi connectivity index (χ4n) is 2.57. The minimum Gasteiger partial charge on any atom is -0.489 e. The Morgan fingerprint density at radius 2 is 1.80 bits per heavy atom. The van der Waals surface area contributed by atoms with Gasteiger partial charge in [0.25, 0.3) is 0 Å². The molecule has 3 rings (SSSR count). The summed E-state index contributed by atoms with van der Waals surface area (Å²) in [6, 6.07) is 17.9. The lowest BCUT2D eigenvalue weighted by atomic mass is 10.2. The molecular weight excluding hydrogens is 314 g/mol. The molecule has 0 saturated heterocycles. The van der Waals surface area contributed by atoms with Crippen LogP contribution in [0.4, 0.5) is 10.5 Å². The second-order valence-corrected chi connectivity index (χ2v) is 7.35. The number of hydrogen-bond donors (Lipinski definition) is 0. The van der Waals surface area contributed by atoms with Crippen molar-refractivity contribution in [3.8, 4) is 5.75 Å². The Labute approximate surface area is 149 Å². The second kappa shape index (κ2) is 7.18. The van der Waals surface area contributed by atoms with Crippen LogP contribution in [0.3, 0.4) is 0 Å². The molecule has 1 amide bonds. The number of carbonyl (C=O) groups is 1. The Morgan fingerprint density at radius 1 is 1.08 bits per heavy atom. The van der Waals surface area contributed by atoms with E-state index in [-0.39, 0.29) is 12.1 Å². The van der Waals surface area contributed by atoms with E-state index in [4.69, 9.17) is 9.47 Å². The summed E-state index contributed by atoms with van der Waals surface area (Å²) in [6.45, 7) is 6.15. The molecule has 4 heteroatoms. The van der Waals surface area contributed by atoms with Crippen molar-refractivity contribution in [3.05, 3.63) is 60.2 Å². The number of carbonyl (C=O) groups excluding carboxylic acids is 1. The third kappa shape index (κ3) is 4.99. The Bertz CT molecular complexity index is 717. The molecule has 0 bridgehead atoms. The molecule has 0 atom stereocenters. The van der Waals surface area contributed by atoms with Gasteiger partial charge in [-0.05, 0) is 51.3 Å². The van der Waals surface area contributed by atoms with Crippen molar-refractivity contribution in [1.29, 1.82) is 0 Å². The van der Waals surface area contributed by atoms with Crippen molar-refractivity contribution in [2.75, 3.05) is 4.90 Å². The molecule has 0 unspecified atom stereocenters. The van der Waals surface area contributed by atoms with Gasteiger partial charge in [-0.25, -0.2) is 4.79 Å². The first kappa shape index (κ1) is 17.3. The Hall–Kier alpha value is -2.49. The van der Waals surface area contributed by atoms with E-state index in [1.807, 2.05) is 75.4 Å². The van der Waals surface area contributed by atoms with Gasteiger partial charge in [-0.3, -0.25) is 4.90 Å². The summed E-state index contributed by atoms with van der Waals surface area (Å²) in [5.74, 6) is 0.746. The van der Waals surface area contributed by atoms with Crippen LogP contribution < -0.4 is 9.64 Å². The van der Waals surface area contributed by atoms with Gasteiger partial charge in [-0.1, -0.05) is 36.4 Å². The molecule has 0 radical (unpaired) electrons. The molecular formula is C21H25NO3. The Morgan fingerprint density at radius 3 is 2.44 bits per heavy atom. The normalized spacial score (nSPS) is 14.0. The smallest absolute Gasteiger partial charge is 0.415 e. The SMILES string of the molecule is CC(C)(C)OC(=O)N(c1cccc(OCc2ccccc2)c1)C1CC1. The van der Waals surface area contributed by atoms with Crippen LogP contribution in [0, 0.1) is 0 Å². The van der Waals surface area contributed by atoms with Crippen LogP contribution in [0.25, 0.3) is 0 Å². The molecule has 0 aromatic heterocycles. The number of hydrogen-bond acceptors (Lipinski definition) is 3. The van der Waals surface area contributed by atoms with Gasteiger partial charge in [-0.2, -0.15) is 0 Å². The van der Waals surface area contributed by atoms with Gasteiger partial charge in [-0.15, -0.1) is 0 Å². The minimum absolute atomic E-state index is 0.222. The van der Waals surface area contributed by atoms with Crippen LogP contribution in [0.15, 0.2) is 54.6 Å². The summed E-state index contributed by atoms with van der Waals surface area (Å²) < 4.78 is 11.5. The maximum Gasteiger partial charge on any atom is 0.415 e. The summed E-state index contributed by atoms with van der Waals surface area (Å²) in [5, 5.41) is 0. The molecule has 2 aromatic carbocycles. The van der Waals surface area contributed by atoms with Crippen molar-refractivity contribution in [2.45, 2.75) is 51.9 Å². The molecule has 25 heavy (non-hydrogen) atoms. The molecule has 0 N–H and O–H groups in total. The Kier molecular flexibility index (Phi) is 4.98. The highest BCUT2D eigenvalue weighted by atomic mass is 16.6. The predicted molar refractivity (Wildman–Crippen MR) is 99.0 cm³/mol. The van der Waals surface area contributed by atoms with E-state index in [0.29, 0.717) is 6.61 Å². The summed E-state index contributed by atoms with van der Waals surface area (Å²) in [7, 11) is 0. The lowest BCUT2D eigenvalue weighted by Gasteiger charge is -2.27. The van der Waals surface area contributed by atoms with E-state index >= 15 is 0 Å². The predicted octanol–water partition coefficient (Wildman–Crippen LogP) is 5.17. The van der Waals surface area contributed by atoms with Crippen LogP contribution in [0.5, 0.6) is 5.75 Å². The van der Waals surface area contributed by atoms with Crippen molar-refractivity contribution < 1.29 is 14.3 Å². The van der Waals surface area contributed by atoms with Crippen molar-refractivity contribution in [2.24, 2.45) is 0 Å². The molecule has 4 nitrogen and oxygen atoms in total. The van der Waals surface area contributed by atoms with E-state index in [1.165, 1.54) is 0 Å². The quantitative estimate of drug-likeness (QED) is 0.754. The molecule has 1 aliphatic rings. The summed E-state index contributed by atoms with van der Waals surface area (Å²) >= 11 is 0. The first-order chi connectivity index (χ1) is 11.9. The number of anilines is 1. The molecule has 2 aromatic rings. The summed E-state index contributed by atoms with van der Waals surface area (Å²) in [5.41, 5.74) is 1.42. The van der Waals surface area contributed by atoms with E-state index in [2.05, 4.69) is 0 Å². The van der Waals surface area contributed by atoms with E-state index < -0.39 is 5.60 Å². The van der Waals surface area contributed by atoms with Crippen LogP contribution >= 0.6 is 0 Å². The molecule has 0 aliphatic heterocycles. The van der Waals surface area contributed by atoms with Crippen molar-refractivity contribution in [3.63, 3.8) is 0 Å². The number of amides is 1. The zero-order valence-corrected chi connectivity index (χ0v) is 15.1. The topological polar surface area (TPSA) is 38.8 Å². The van der Waals surface area contributed by atoms with Crippen LogP contribution in [0.2, 0.25) is 0 Å². The zero-order valence-electron chi connectivity index (χ0n) is 15.1. The average Bonchev–Trinajstić information content (AvgIpc) is 3.38. The van der Waals surface area contributed by atoms with Crippen molar-refractivity contribution >= 4 is 11.8 Å².